The number of hydrogen-bond donors (Lipinski definition) is 1. The standard InChI is InChI=1S/C19H22ClN5O3S/c1-13-15(20)6-4-7-16(13)21-19(26)8-5-11-25-18-10-9-14(12-17(18)22-23-25)29(27,28)24(2)3/h4,6-7,9-10,12H,5,8,11H2,1-3H3,(H,21,26). The van der Waals surface area contributed by atoms with Crippen molar-refractivity contribution >= 4 is 44.3 Å². The van der Waals surface area contributed by atoms with Gasteiger partial charge >= 0.3 is 0 Å². The SMILES string of the molecule is Cc1c(Cl)cccc1NC(=O)CCCn1nnc2cc(S(=O)(=O)N(C)C)ccc21. The van der Waals surface area contributed by atoms with Gasteiger partial charge in [-0.1, -0.05) is 22.9 Å². The normalized spacial score (nSPS) is 11.9. The fraction of sp³-hybridized carbons (Fsp3) is 0.316. The third-order valence-electron chi connectivity index (χ3n) is 4.58. The fourth-order valence-corrected chi connectivity index (χ4v) is 3.93. The first kappa shape index (κ1) is 21.2. The average molecular weight is 436 g/mol. The molecule has 1 N–H and O–H groups in total. The molecule has 0 atom stereocenters. The van der Waals surface area contributed by atoms with Gasteiger partial charge in [0.05, 0.1) is 10.4 Å². The van der Waals surface area contributed by atoms with E-state index >= 15 is 0 Å². The molecule has 0 unspecified atom stereocenters. The van der Waals surface area contributed by atoms with Gasteiger partial charge in [0, 0.05) is 37.8 Å². The molecule has 10 heteroatoms. The molecule has 0 fully saturated rings. The molecule has 0 aliphatic heterocycles. The molecular formula is C19H22ClN5O3S. The second kappa shape index (κ2) is 8.48. The summed E-state index contributed by atoms with van der Waals surface area (Å²) >= 11 is 6.07. The molecule has 0 aliphatic carbocycles. The zero-order chi connectivity index (χ0) is 21.2. The van der Waals surface area contributed by atoms with E-state index in [4.69, 9.17) is 11.6 Å². The van der Waals surface area contributed by atoms with Crippen LogP contribution < -0.4 is 5.32 Å². The summed E-state index contributed by atoms with van der Waals surface area (Å²) in [6, 6.07) is 10.1. The predicted octanol–water partition coefficient (Wildman–Crippen LogP) is 3.06. The highest BCUT2D eigenvalue weighted by molar-refractivity contribution is 7.89. The minimum absolute atomic E-state index is 0.112. The Morgan fingerprint density at radius 1 is 1.24 bits per heavy atom. The first-order chi connectivity index (χ1) is 13.7. The van der Waals surface area contributed by atoms with Gasteiger partial charge in [0.2, 0.25) is 15.9 Å². The molecule has 0 aliphatic rings. The van der Waals surface area contributed by atoms with Crippen molar-refractivity contribution in [3.63, 3.8) is 0 Å². The molecule has 8 nitrogen and oxygen atoms in total. The third-order valence-corrected chi connectivity index (χ3v) is 6.80. The number of nitrogens with one attached hydrogen (secondary N) is 1. The number of fused-ring (bicyclic) bond motifs is 1. The molecular weight excluding hydrogens is 414 g/mol. The van der Waals surface area contributed by atoms with E-state index in [2.05, 4.69) is 15.6 Å². The first-order valence-corrected chi connectivity index (χ1v) is 10.8. The molecule has 154 valence electrons. The van der Waals surface area contributed by atoms with Crippen LogP contribution in [0.2, 0.25) is 5.02 Å². The molecule has 3 rings (SSSR count). The molecule has 0 saturated carbocycles. The van der Waals surface area contributed by atoms with Crippen LogP contribution in [0.4, 0.5) is 5.69 Å². The summed E-state index contributed by atoms with van der Waals surface area (Å²) in [7, 11) is -0.573. The lowest BCUT2D eigenvalue weighted by Crippen LogP contribution is -2.22. The van der Waals surface area contributed by atoms with Crippen LogP contribution in [0.25, 0.3) is 11.0 Å². The van der Waals surface area contributed by atoms with Gasteiger partial charge in [-0.05, 0) is 49.2 Å². The number of carbonyl (C=O) groups is 1. The maximum Gasteiger partial charge on any atom is 0.242 e. The van der Waals surface area contributed by atoms with Crippen LogP contribution in [-0.4, -0.2) is 47.7 Å². The zero-order valence-electron chi connectivity index (χ0n) is 16.4. The fourth-order valence-electron chi connectivity index (χ4n) is 2.83. The minimum atomic E-state index is -3.53. The van der Waals surface area contributed by atoms with E-state index in [0.717, 1.165) is 9.87 Å². The van der Waals surface area contributed by atoms with Crippen LogP contribution in [0.15, 0.2) is 41.3 Å². The van der Waals surface area contributed by atoms with E-state index in [9.17, 15) is 13.2 Å². The van der Waals surface area contributed by atoms with Gasteiger partial charge in [-0.2, -0.15) is 0 Å². The Labute approximate surface area is 174 Å². The van der Waals surface area contributed by atoms with Crippen LogP contribution in [-0.2, 0) is 21.4 Å². The lowest BCUT2D eigenvalue weighted by Gasteiger charge is -2.11. The van der Waals surface area contributed by atoms with Crippen LogP contribution in [0.3, 0.4) is 0 Å². The van der Waals surface area contributed by atoms with Gasteiger partial charge in [0.15, 0.2) is 0 Å². The maximum atomic E-state index is 12.2. The summed E-state index contributed by atoms with van der Waals surface area (Å²) in [6.45, 7) is 2.34. The van der Waals surface area contributed by atoms with Gasteiger partial charge in [-0.15, -0.1) is 5.10 Å². The molecule has 1 aromatic heterocycles. The molecule has 0 saturated heterocycles. The topological polar surface area (TPSA) is 97.2 Å². The number of amides is 1. The lowest BCUT2D eigenvalue weighted by molar-refractivity contribution is -0.116. The van der Waals surface area contributed by atoms with Crippen molar-refractivity contribution in [1.29, 1.82) is 0 Å². The van der Waals surface area contributed by atoms with Gasteiger partial charge in [-0.3, -0.25) is 4.79 Å². The number of nitrogens with zero attached hydrogens (tertiary/aromatic N) is 4. The monoisotopic (exact) mass is 435 g/mol. The molecule has 29 heavy (non-hydrogen) atoms. The Balaban J connectivity index is 1.64. The molecule has 1 heterocycles. The number of halogens is 1. The molecule has 0 bridgehead atoms. The van der Waals surface area contributed by atoms with Crippen molar-refractivity contribution < 1.29 is 13.2 Å². The summed E-state index contributed by atoms with van der Waals surface area (Å²) in [6.07, 6.45) is 0.863. The number of hydrogen-bond acceptors (Lipinski definition) is 5. The summed E-state index contributed by atoms with van der Waals surface area (Å²) in [5.41, 5.74) is 2.73. The molecule has 0 spiro atoms. The van der Waals surface area contributed by atoms with Crippen LogP contribution in [0, 0.1) is 6.92 Å². The van der Waals surface area contributed by atoms with Crippen molar-refractivity contribution in [2.24, 2.45) is 0 Å². The number of benzene rings is 2. The van der Waals surface area contributed by atoms with Gasteiger partial charge < -0.3 is 5.32 Å². The van der Waals surface area contributed by atoms with Crippen LogP contribution in [0.1, 0.15) is 18.4 Å². The van der Waals surface area contributed by atoms with E-state index in [1.54, 1.807) is 22.9 Å². The molecule has 3 aromatic rings. The predicted molar refractivity (Wildman–Crippen MR) is 112 cm³/mol. The maximum absolute atomic E-state index is 12.2. The van der Waals surface area contributed by atoms with E-state index in [-0.39, 0.29) is 10.8 Å². The van der Waals surface area contributed by atoms with Crippen molar-refractivity contribution in [2.75, 3.05) is 19.4 Å². The quantitative estimate of drug-likeness (QED) is 0.615. The number of anilines is 1. The summed E-state index contributed by atoms with van der Waals surface area (Å²) in [5.74, 6) is -0.112. The highest BCUT2D eigenvalue weighted by atomic mass is 35.5. The first-order valence-electron chi connectivity index (χ1n) is 9.01. The third kappa shape index (κ3) is 4.58. The zero-order valence-corrected chi connectivity index (χ0v) is 18.0. The Morgan fingerprint density at radius 3 is 2.72 bits per heavy atom. The highest BCUT2D eigenvalue weighted by Crippen LogP contribution is 2.23. The van der Waals surface area contributed by atoms with Gasteiger partial charge in [0.1, 0.15) is 5.52 Å². The Bertz CT molecular complexity index is 1160. The Morgan fingerprint density at radius 2 is 2.00 bits per heavy atom. The molecule has 0 radical (unpaired) electrons. The number of carbonyl (C=O) groups excluding carboxylic acids is 1. The van der Waals surface area contributed by atoms with E-state index in [1.807, 2.05) is 13.0 Å². The summed E-state index contributed by atoms with van der Waals surface area (Å²) < 4.78 is 27.3. The van der Waals surface area contributed by atoms with Crippen molar-refractivity contribution in [2.45, 2.75) is 31.2 Å². The number of aryl methyl sites for hydroxylation is 1. The van der Waals surface area contributed by atoms with Crippen molar-refractivity contribution in [1.82, 2.24) is 19.3 Å². The van der Waals surface area contributed by atoms with Crippen LogP contribution in [0.5, 0.6) is 0 Å². The minimum Gasteiger partial charge on any atom is -0.326 e. The average Bonchev–Trinajstić information content (AvgIpc) is 3.07. The van der Waals surface area contributed by atoms with E-state index < -0.39 is 10.0 Å². The van der Waals surface area contributed by atoms with Crippen molar-refractivity contribution in [3.8, 4) is 0 Å². The van der Waals surface area contributed by atoms with Gasteiger partial charge in [0.25, 0.3) is 0 Å². The van der Waals surface area contributed by atoms with E-state index in [0.29, 0.717) is 41.1 Å². The van der Waals surface area contributed by atoms with Gasteiger partial charge in [-0.25, -0.2) is 17.4 Å². The summed E-state index contributed by atoms with van der Waals surface area (Å²) in [5, 5.41) is 11.6. The Kier molecular flexibility index (Phi) is 6.21. The largest absolute Gasteiger partial charge is 0.326 e. The molecule has 2 aromatic carbocycles. The van der Waals surface area contributed by atoms with E-state index in [1.165, 1.54) is 26.2 Å². The number of sulfonamides is 1. The van der Waals surface area contributed by atoms with Crippen molar-refractivity contribution in [3.05, 3.63) is 47.0 Å². The lowest BCUT2D eigenvalue weighted by atomic mass is 10.2. The molecule has 1 amide bonds. The van der Waals surface area contributed by atoms with Crippen LogP contribution >= 0.6 is 11.6 Å². The summed E-state index contributed by atoms with van der Waals surface area (Å²) in [4.78, 5) is 12.4. The smallest absolute Gasteiger partial charge is 0.242 e. The second-order valence-corrected chi connectivity index (χ2v) is 9.37. The highest BCUT2D eigenvalue weighted by Gasteiger charge is 2.18. The second-order valence-electron chi connectivity index (χ2n) is 6.81. The number of rotatable bonds is 7. The Hall–Kier alpha value is -2.49. The number of aromatic nitrogens is 3.